The average molecular weight is 355 g/mol. The van der Waals surface area contributed by atoms with Crippen molar-refractivity contribution in [2.45, 2.75) is 40.0 Å². The molecule has 116 valence electrons. The standard InChI is InChI=1S/C16H23BrN2O2/c1-16(2,3)15(21)19-13-8-6-7-12(11-13)18-14(20)9-4-5-10-17/h6-8,11H,4-5,9-10H2,1-3H3,(H,18,20)(H,19,21). The van der Waals surface area contributed by atoms with Crippen LogP contribution in [0.5, 0.6) is 0 Å². The summed E-state index contributed by atoms with van der Waals surface area (Å²) in [5.74, 6) is -0.0569. The van der Waals surface area contributed by atoms with Gasteiger partial charge >= 0.3 is 0 Å². The van der Waals surface area contributed by atoms with Gasteiger partial charge in [0.15, 0.2) is 0 Å². The first-order valence-electron chi connectivity index (χ1n) is 7.10. The maximum absolute atomic E-state index is 11.9. The molecule has 5 heteroatoms. The smallest absolute Gasteiger partial charge is 0.229 e. The number of hydrogen-bond donors (Lipinski definition) is 2. The van der Waals surface area contributed by atoms with Crippen molar-refractivity contribution in [2.75, 3.05) is 16.0 Å². The lowest BCUT2D eigenvalue weighted by Crippen LogP contribution is -2.27. The summed E-state index contributed by atoms with van der Waals surface area (Å²) in [6.45, 7) is 5.58. The largest absolute Gasteiger partial charge is 0.326 e. The van der Waals surface area contributed by atoms with Crippen LogP contribution in [0.25, 0.3) is 0 Å². The molecule has 0 atom stereocenters. The summed E-state index contributed by atoms with van der Waals surface area (Å²) in [5, 5.41) is 6.61. The van der Waals surface area contributed by atoms with Crippen molar-refractivity contribution in [2.24, 2.45) is 5.41 Å². The number of benzene rings is 1. The highest BCUT2D eigenvalue weighted by Gasteiger charge is 2.21. The zero-order chi connectivity index (χ0) is 15.9. The van der Waals surface area contributed by atoms with E-state index in [9.17, 15) is 9.59 Å². The summed E-state index contributed by atoms with van der Waals surface area (Å²) >= 11 is 3.34. The van der Waals surface area contributed by atoms with E-state index >= 15 is 0 Å². The Kier molecular flexibility index (Phi) is 6.89. The number of hydrogen-bond acceptors (Lipinski definition) is 2. The topological polar surface area (TPSA) is 58.2 Å². The molecule has 21 heavy (non-hydrogen) atoms. The first kappa shape index (κ1) is 17.7. The monoisotopic (exact) mass is 354 g/mol. The third-order valence-corrected chi connectivity index (χ3v) is 3.43. The molecule has 1 aromatic carbocycles. The van der Waals surface area contributed by atoms with Crippen LogP contribution in [-0.4, -0.2) is 17.1 Å². The molecule has 0 saturated heterocycles. The van der Waals surface area contributed by atoms with Gasteiger partial charge in [0.05, 0.1) is 0 Å². The van der Waals surface area contributed by atoms with E-state index in [2.05, 4.69) is 26.6 Å². The van der Waals surface area contributed by atoms with Gasteiger partial charge in [-0.1, -0.05) is 42.8 Å². The fourth-order valence-corrected chi connectivity index (χ4v) is 1.99. The molecule has 0 aliphatic carbocycles. The second kappa shape index (κ2) is 8.17. The Morgan fingerprint density at radius 3 is 2.29 bits per heavy atom. The van der Waals surface area contributed by atoms with Gasteiger partial charge in [-0.25, -0.2) is 0 Å². The number of carbonyl (C=O) groups excluding carboxylic acids is 2. The van der Waals surface area contributed by atoms with Crippen LogP contribution < -0.4 is 10.6 Å². The van der Waals surface area contributed by atoms with E-state index in [4.69, 9.17) is 0 Å². The molecule has 1 aromatic rings. The third kappa shape index (κ3) is 6.76. The first-order valence-corrected chi connectivity index (χ1v) is 8.22. The lowest BCUT2D eigenvalue weighted by atomic mass is 9.95. The number of halogens is 1. The van der Waals surface area contributed by atoms with E-state index in [1.165, 1.54) is 0 Å². The zero-order valence-corrected chi connectivity index (χ0v) is 14.4. The van der Waals surface area contributed by atoms with Gasteiger partial charge in [0, 0.05) is 28.5 Å². The molecule has 0 aliphatic rings. The lowest BCUT2D eigenvalue weighted by Gasteiger charge is -2.18. The van der Waals surface area contributed by atoms with Gasteiger partial charge in [-0.05, 0) is 31.0 Å². The number of rotatable bonds is 6. The number of anilines is 2. The Labute approximate surface area is 134 Å². The quantitative estimate of drug-likeness (QED) is 0.594. The van der Waals surface area contributed by atoms with Crippen LogP contribution in [0.2, 0.25) is 0 Å². The van der Waals surface area contributed by atoms with Crippen LogP contribution in [0.15, 0.2) is 24.3 Å². The molecule has 1 rings (SSSR count). The summed E-state index contributed by atoms with van der Waals surface area (Å²) < 4.78 is 0. The Morgan fingerprint density at radius 2 is 1.71 bits per heavy atom. The average Bonchev–Trinajstić information content (AvgIpc) is 2.38. The van der Waals surface area contributed by atoms with Gasteiger partial charge in [0.1, 0.15) is 0 Å². The first-order chi connectivity index (χ1) is 9.82. The predicted octanol–water partition coefficient (Wildman–Crippen LogP) is 4.17. The molecule has 0 unspecified atom stereocenters. The number of unbranched alkanes of at least 4 members (excludes halogenated alkanes) is 1. The van der Waals surface area contributed by atoms with Crippen molar-refractivity contribution in [1.82, 2.24) is 0 Å². The SMILES string of the molecule is CC(C)(C)C(=O)Nc1cccc(NC(=O)CCCCBr)c1. The molecule has 2 N–H and O–H groups in total. The van der Waals surface area contributed by atoms with Crippen molar-refractivity contribution in [3.05, 3.63) is 24.3 Å². The van der Waals surface area contributed by atoms with E-state index in [1.807, 2.05) is 39.0 Å². The summed E-state index contributed by atoms with van der Waals surface area (Å²) in [6, 6.07) is 7.21. The molecule has 0 saturated carbocycles. The van der Waals surface area contributed by atoms with Gasteiger partial charge in [-0.3, -0.25) is 9.59 Å². The Morgan fingerprint density at radius 1 is 1.10 bits per heavy atom. The predicted molar refractivity (Wildman–Crippen MR) is 90.8 cm³/mol. The summed E-state index contributed by atoms with van der Waals surface area (Å²) in [5.41, 5.74) is 0.938. The van der Waals surface area contributed by atoms with Crippen LogP contribution in [0.3, 0.4) is 0 Å². The van der Waals surface area contributed by atoms with Crippen LogP contribution in [-0.2, 0) is 9.59 Å². The molecule has 0 fully saturated rings. The van der Waals surface area contributed by atoms with Crippen LogP contribution >= 0.6 is 15.9 Å². The number of carbonyl (C=O) groups is 2. The Hall–Kier alpha value is -1.36. The molecular formula is C16H23BrN2O2. The molecule has 0 aromatic heterocycles. The second-order valence-electron chi connectivity index (χ2n) is 5.98. The Balaban J connectivity index is 2.60. The van der Waals surface area contributed by atoms with E-state index < -0.39 is 5.41 Å². The minimum absolute atomic E-state index is 0.00440. The van der Waals surface area contributed by atoms with Gasteiger partial charge in [-0.2, -0.15) is 0 Å². The van der Waals surface area contributed by atoms with Crippen molar-refractivity contribution in [1.29, 1.82) is 0 Å². The van der Waals surface area contributed by atoms with E-state index in [0.717, 1.165) is 18.2 Å². The third-order valence-electron chi connectivity index (χ3n) is 2.87. The molecular weight excluding hydrogens is 332 g/mol. The minimum atomic E-state index is -0.449. The zero-order valence-electron chi connectivity index (χ0n) is 12.8. The molecule has 0 spiro atoms. The van der Waals surface area contributed by atoms with Gasteiger partial charge in [-0.15, -0.1) is 0 Å². The van der Waals surface area contributed by atoms with Crippen molar-refractivity contribution in [3.8, 4) is 0 Å². The van der Waals surface area contributed by atoms with Gasteiger partial charge in [0.2, 0.25) is 11.8 Å². The van der Waals surface area contributed by atoms with Crippen LogP contribution in [0.4, 0.5) is 11.4 Å². The number of nitrogens with one attached hydrogen (secondary N) is 2. The van der Waals surface area contributed by atoms with Crippen LogP contribution in [0, 0.1) is 5.41 Å². The minimum Gasteiger partial charge on any atom is -0.326 e. The molecule has 2 amide bonds. The van der Waals surface area contributed by atoms with E-state index in [1.54, 1.807) is 6.07 Å². The fraction of sp³-hybridized carbons (Fsp3) is 0.500. The summed E-state index contributed by atoms with van der Waals surface area (Å²) in [6.07, 6.45) is 2.34. The molecule has 0 bridgehead atoms. The highest BCUT2D eigenvalue weighted by molar-refractivity contribution is 9.09. The van der Waals surface area contributed by atoms with Crippen molar-refractivity contribution >= 4 is 39.1 Å². The highest BCUT2D eigenvalue weighted by atomic mass is 79.9. The van der Waals surface area contributed by atoms with E-state index in [0.29, 0.717) is 17.8 Å². The lowest BCUT2D eigenvalue weighted by molar-refractivity contribution is -0.123. The second-order valence-corrected chi connectivity index (χ2v) is 6.77. The molecule has 0 heterocycles. The van der Waals surface area contributed by atoms with Crippen molar-refractivity contribution < 1.29 is 9.59 Å². The van der Waals surface area contributed by atoms with Gasteiger partial charge in [0.25, 0.3) is 0 Å². The maximum Gasteiger partial charge on any atom is 0.229 e. The maximum atomic E-state index is 11.9. The molecule has 0 radical (unpaired) electrons. The molecule has 4 nitrogen and oxygen atoms in total. The summed E-state index contributed by atoms with van der Waals surface area (Å²) in [4.78, 5) is 23.7. The fourth-order valence-electron chi connectivity index (χ4n) is 1.60. The van der Waals surface area contributed by atoms with Crippen LogP contribution in [0.1, 0.15) is 40.0 Å². The Bertz CT molecular complexity index is 495. The normalized spacial score (nSPS) is 11.0. The number of amides is 2. The number of alkyl halides is 1. The van der Waals surface area contributed by atoms with Gasteiger partial charge < -0.3 is 10.6 Å². The highest BCUT2D eigenvalue weighted by Crippen LogP contribution is 2.20. The summed E-state index contributed by atoms with van der Waals surface area (Å²) in [7, 11) is 0. The van der Waals surface area contributed by atoms with E-state index in [-0.39, 0.29) is 11.8 Å². The van der Waals surface area contributed by atoms with Crippen molar-refractivity contribution in [3.63, 3.8) is 0 Å². The molecule has 0 aliphatic heterocycles.